The zero-order valence-corrected chi connectivity index (χ0v) is 18.3. The second-order valence-electron chi connectivity index (χ2n) is 6.95. The summed E-state index contributed by atoms with van der Waals surface area (Å²) in [6.07, 6.45) is 3.43. The van der Waals surface area contributed by atoms with Gasteiger partial charge >= 0.3 is 0 Å². The normalized spacial score (nSPS) is 11.2. The Morgan fingerprint density at radius 3 is 2.43 bits per heavy atom. The number of rotatable bonds is 5. The molecule has 0 radical (unpaired) electrons. The lowest BCUT2D eigenvalue weighted by Crippen LogP contribution is -2.05. The van der Waals surface area contributed by atoms with Gasteiger partial charge in [-0.2, -0.15) is 0 Å². The van der Waals surface area contributed by atoms with Gasteiger partial charge in [-0.05, 0) is 54.5 Å². The first-order valence-corrected chi connectivity index (χ1v) is 10.4. The topological polar surface area (TPSA) is 39.2 Å². The molecule has 4 rings (SSSR count). The molecule has 0 spiro atoms. The van der Waals surface area contributed by atoms with Crippen molar-refractivity contribution in [1.82, 2.24) is 4.98 Å². The molecule has 0 saturated heterocycles. The first kappa shape index (κ1) is 20.0. The number of pyridine rings is 1. The largest absolute Gasteiger partial charge is 0.497 e. The molecule has 0 N–H and O–H groups in total. The summed E-state index contributed by atoms with van der Waals surface area (Å²) in [7, 11) is 1.63. The lowest BCUT2D eigenvalue weighted by molar-refractivity contribution is 0.104. The number of ether oxygens (including phenoxy) is 1. The van der Waals surface area contributed by atoms with Crippen LogP contribution in [0.2, 0.25) is 0 Å². The number of fused-ring (bicyclic) bond motifs is 1. The monoisotopic (exact) mass is 457 g/mol. The highest BCUT2D eigenvalue weighted by molar-refractivity contribution is 9.10. The lowest BCUT2D eigenvalue weighted by Gasteiger charge is -2.14. The Morgan fingerprint density at radius 1 is 1.00 bits per heavy atom. The van der Waals surface area contributed by atoms with E-state index in [9.17, 15) is 4.79 Å². The minimum atomic E-state index is -0.0726. The van der Waals surface area contributed by atoms with Crippen molar-refractivity contribution in [1.29, 1.82) is 0 Å². The second-order valence-corrected chi connectivity index (χ2v) is 7.86. The third-order valence-electron chi connectivity index (χ3n) is 4.98. The van der Waals surface area contributed by atoms with Gasteiger partial charge in [0.2, 0.25) is 0 Å². The highest BCUT2D eigenvalue weighted by atomic mass is 79.9. The zero-order chi connectivity index (χ0) is 21.1. The molecule has 0 aliphatic heterocycles. The second kappa shape index (κ2) is 8.64. The van der Waals surface area contributed by atoms with Crippen molar-refractivity contribution < 1.29 is 9.53 Å². The molecule has 4 aromatic rings. The highest BCUT2D eigenvalue weighted by Crippen LogP contribution is 2.35. The summed E-state index contributed by atoms with van der Waals surface area (Å²) >= 11 is 3.56. The summed E-state index contributed by atoms with van der Waals surface area (Å²) in [5.74, 6) is 0.710. The van der Waals surface area contributed by atoms with Gasteiger partial charge in [0.1, 0.15) is 5.75 Å². The van der Waals surface area contributed by atoms with E-state index in [1.165, 1.54) is 0 Å². The molecule has 0 unspecified atom stereocenters. The molecule has 0 fully saturated rings. The van der Waals surface area contributed by atoms with Crippen LogP contribution in [-0.4, -0.2) is 17.9 Å². The molecule has 0 bridgehead atoms. The number of benzene rings is 3. The van der Waals surface area contributed by atoms with Crippen molar-refractivity contribution in [2.45, 2.75) is 6.92 Å². The number of hydrogen-bond acceptors (Lipinski definition) is 3. The number of methoxy groups -OCH3 is 1. The van der Waals surface area contributed by atoms with Crippen LogP contribution >= 0.6 is 15.9 Å². The van der Waals surface area contributed by atoms with E-state index in [0.29, 0.717) is 11.3 Å². The van der Waals surface area contributed by atoms with Crippen molar-refractivity contribution in [3.63, 3.8) is 0 Å². The standard InChI is InChI=1S/C26H20BrNO2/c1-17-25(24(29)15-10-18-8-12-21(30-2)13-9-18)26(19-6-4-3-5-7-19)22-16-20(27)11-14-23(22)28-17/h3-16H,1-2H3. The van der Waals surface area contributed by atoms with Crippen molar-refractivity contribution in [2.75, 3.05) is 7.11 Å². The van der Waals surface area contributed by atoms with E-state index in [1.54, 1.807) is 13.2 Å². The van der Waals surface area contributed by atoms with Crippen LogP contribution in [-0.2, 0) is 0 Å². The maximum absolute atomic E-state index is 13.3. The molecule has 0 aliphatic rings. The third kappa shape index (κ3) is 4.05. The average Bonchev–Trinajstić information content (AvgIpc) is 2.78. The number of aromatic nitrogens is 1. The van der Waals surface area contributed by atoms with E-state index in [2.05, 4.69) is 15.9 Å². The number of carbonyl (C=O) groups is 1. The Kier molecular flexibility index (Phi) is 5.77. The fraction of sp³-hybridized carbons (Fsp3) is 0.0769. The van der Waals surface area contributed by atoms with Crippen molar-refractivity contribution in [2.24, 2.45) is 0 Å². The van der Waals surface area contributed by atoms with Gasteiger partial charge in [0.05, 0.1) is 18.2 Å². The van der Waals surface area contributed by atoms with Gasteiger partial charge in [-0.3, -0.25) is 9.78 Å². The number of nitrogens with zero attached hydrogens (tertiary/aromatic N) is 1. The lowest BCUT2D eigenvalue weighted by atomic mass is 9.92. The van der Waals surface area contributed by atoms with E-state index in [-0.39, 0.29) is 5.78 Å². The quantitative estimate of drug-likeness (QED) is 0.242. The van der Waals surface area contributed by atoms with E-state index in [1.807, 2.05) is 85.8 Å². The summed E-state index contributed by atoms with van der Waals surface area (Å²) < 4.78 is 6.14. The molecular weight excluding hydrogens is 438 g/mol. The first-order valence-electron chi connectivity index (χ1n) is 9.58. The summed E-state index contributed by atoms with van der Waals surface area (Å²) in [5.41, 5.74) is 5.03. The molecule has 0 atom stereocenters. The van der Waals surface area contributed by atoms with Crippen molar-refractivity contribution >= 4 is 38.7 Å². The van der Waals surface area contributed by atoms with E-state index >= 15 is 0 Å². The van der Waals surface area contributed by atoms with Crippen LogP contribution in [0.3, 0.4) is 0 Å². The fourth-order valence-electron chi connectivity index (χ4n) is 3.53. The van der Waals surface area contributed by atoms with Gasteiger partial charge in [-0.1, -0.05) is 64.5 Å². The maximum atomic E-state index is 13.3. The summed E-state index contributed by atoms with van der Waals surface area (Å²) in [4.78, 5) is 18.0. The molecule has 0 aliphatic carbocycles. The predicted molar refractivity (Wildman–Crippen MR) is 126 cm³/mol. The van der Waals surface area contributed by atoms with Crippen LogP contribution in [0.25, 0.3) is 28.1 Å². The minimum absolute atomic E-state index is 0.0726. The number of ketones is 1. The molecule has 1 aromatic heterocycles. The van der Waals surface area contributed by atoms with E-state index < -0.39 is 0 Å². The SMILES string of the molecule is COc1ccc(C=CC(=O)c2c(C)nc3ccc(Br)cc3c2-c2ccccc2)cc1. The van der Waals surface area contributed by atoms with Crippen LogP contribution < -0.4 is 4.74 Å². The van der Waals surface area contributed by atoms with Crippen LogP contribution in [0.4, 0.5) is 0 Å². The molecule has 3 nitrogen and oxygen atoms in total. The minimum Gasteiger partial charge on any atom is -0.497 e. The Balaban J connectivity index is 1.85. The fourth-order valence-corrected chi connectivity index (χ4v) is 3.90. The summed E-state index contributed by atoms with van der Waals surface area (Å²) in [6, 6.07) is 23.5. The Labute approximate surface area is 184 Å². The van der Waals surface area contributed by atoms with Crippen LogP contribution in [0, 0.1) is 6.92 Å². The number of aryl methyl sites for hydroxylation is 1. The summed E-state index contributed by atoms with van der Waals surface area (Å²) in [5, 5.41) is 0.947. The molecule has 0 saturated carbocycles. The van der Waals surface area contributed by atoms with Gasteiger partial charge in [0, 0.05) is 21.1 Å². The smallest absolute Gasteiger partial charge is 0.188 e. The first-order chi connectivity index (χ1) is 14.6. The molecule has 0 amide bonds. The number of allylic oxidation sites excluding steroid dienone is 1. The Hall–Kier alpha value is -3.24. The van der Waals surface area contributed by atoms with Crippen molar-refractivity contribution in [3.05, 3.63) is 100 Å². The van der Waals surface area contributed by atoms with Gasteiger partial charge in [0.25, 0.3) is 0 Å². The van der Waals surface area contributed by atoms with Crippen LogP contribution in [0.15, 0.2) is 83.3 Å². The predicted octanol–water partition coefficient (Wildman–Crippen LogP) is 6.88. The number of halogens is 1. The van der Waals surface area contributed by atoms with E-state index in [4.69, 9.17) is 9.72 Å². The molecule has 4 heteroatoms. The molecule has 30 heavy (non-hydrogen) atoms. The zero-order valence-electron chi connectivity index (χ0n) is 16.7. The van der Waals surface area contributed by atoms with Gasteiger partial charge < -0.3 is 4.74 Å². The molecule has 1 heterocycles. The highest BCUT2D eigenvalue weighted by Gasteiger charge is 2.19. The third-order valence-corrected chi connectivity index (χ3v) is 5.47. The van der Waals surface area contributed by atoms with Crippen LogP contribution in [0.5, 0.6) is 5.75 Å². The van der Waals surface area contributed by atoms with Gasteiger partial charge in [-0.25, -0.2) is 0 Å². The number of hydrogen-bond donors (Lipinski definition) is 0. The average molecular weight is 458 g/mol. The van der Waals surface area contributed by atoms with Gasteiger partial charge in [-0.15, -0.1) is 0 Å². The van der Waals surface area contributed by atoms with E-state index in [0.717, 1.165) is 37.8 Å². The Morgan fingerprint density at radius 2 is 1.73 bits per heavy atom. The van der Waals surface area contributed by atoms with Crippen molar-refractivity contribution in [3.8, 4) is 16.9 Å². The van der Waals surface area contributed by atoms with Crippen LogP contribution in [0.1, 0.15) is 21.6 Å². The molecular formula is C26H20BrNO2. The summed E-state index contributed by atoms with van der Waals surface area (Å²) in [6.45, 7) is 1.89. The Bertz CT molecular complexity index is 1250. The maximum Gasteiger partial charge on any atom is 0.188 e. The molecule has 148 valence electrons. The number of carbonyl (C=O) groups excluding carboxylic acids is 1. The van der Waals surface area contributed by atoms with Gasteiger partial charge in [0.15, 0.2) is 5.78 Å². The molecule has 3 aromatic carbocycles.